The fourth-order valence-electron chi connectivity index (χ4n) is 2.60. The molecule has 184 valence electrons. The van der Waals surface area contributed by atoms with Crippen LogP contribution in [0.4, 0.5) is 0 Å². The average Bonchev–Trinajstić information content (AvgIpc) is 2.75. The molecule has 3 amide bonds. The number of carboxylic acid groups (broad SMARTS) is 2. The van der Waals surface area contributed by atoms with Crippen LogP contribution in [0.15, 0.2) is 0 Å². The summed E-state index contributed by atoms with van der Waals surface area (Å²) in [5.41, 5.74) is 5.70. The molecule has 13 heteroatoms. The number of thiol groups is 1. The molecular formula is C19H34N4O7S2. The summed E-state index contributed by atoms with van der Waals surface area (Å²) < 4.78 is 0. The Morgan fingerprint density at radius 1 is 0.969 bits per heavy atom. The van der Waals surface area contributed by atoms with Crippen molar-refractivity contribution in [3.63, 3.8) is 0 Å². The number of nitrogens with two attached hydrogens (primary N) is 1. The number of aliphatic carboxylic acids is 2. The lowest BCUT2D eigenvalue weighted by Gasteiger charge is -2.25. The number of nitrogens with one attached hydrogen (secondary N) is 3. The van der Waals surface area contributed by atoms with Gasteiger partial charge in [-0.15, -0.1) is 0 Å². The van der Waals surface area contributed by atoms with Crippen molar-refractivity contribution in [2.24, 2.45) is 11.7 Å². The predicted octanol–water partition coefficient (Wildman–Crippen LogP) is -0.553. The summed E-state index contributed by atoms with van der Waals surface area (Å²) >= 11 is 5.52. The molecular weight excluding hydrogens is 460 g/mol. The second kappa shape index (κ2) is 15.8. The Bertz CT molecular complexity index is 666. The van der Waals surface area contributed by atoms with Gasteiger partial charge in [-0.3, -0.25) is 19.2 Å². The van der Waals surface area contributed by atoms with Gasteiger partial charge in [-0.2, -0.15) is 24.4 Å². The van der Waals surface area contributed by atoms with Crippen LogP contribution in [-0.2, 0) is 24.0 Å². The molecule has 0 aliphatic heterocycles. The number of hydrogen-bond donors (Lipinski definition) is 7. The van der Waals surface area contributed by atoms with Gasteiger partial charge in [0, 0.05) is 12.2 Å². The van der Waals surface area contributed by atoms with Gasteiger partial charge in [0.05, 0.1) is 6.04 Å². The molecule has 0 bridgehead atoms. The van der Waals surface area contributed by atoms with Gasteiger partial charge in [-0.25, -0.2) is 4.79 Å². The standard InChI is InChI=1S/C19H34N4O7S2/c1-4-10(2)15(19(29)30)23-18(28)13(9-31)22-17(27)12(7-8-32-3)21-16(26)11(20)5-6-14(24)25/h10-13,15,31H,4-9,20H2,1-3H3,(H,21,26)(H,22,27)(H,23,28)(H,24,25)(H,29,30). The number of hydrogen-bond acceptors (Lipinski definition) is 8. The lowest BCUT2D eigenvalue weighted by molar-refractivity contribution is -0.143. The molecule has 0 fully saturated rings. The van der Waals surface area contributed by atoms with E-state index >= 15 is 0 Å². The van der Waals surface area contributed by atoms with E-state index in [0.717, 1.165) is 0 Å². The molecule has 0 aliphatic rings. The fourth-order valence-corrected chi connectivity index (χ4v) is 3.33. The zero-order chi connectivity index (χ0) is 24.8. The first kappa shape index (κ1) is 30.0. The first-order chi connectivity index (χ1) is 15.0. The third-order valence-corrected chi connectivity index (χ3v) is 5.85. The number of carboxylic acids is 2. The number of carbonyl (C=O) groups is 5. The number of rotatable bonds is 16. The van der Waals surface area contributed by atoms with Crippen LogP contribution < -0.4 is 21.7 Å². The Morgan fingerprint density at radius 2 is 1.53 bits per heavy atom. The molecule has 5 unspecified atom stereocenters. The summed E-state index contributed by atoms with van der Waals surface area (Å²) in [6.07, 6.45) is 2.21. The number of carbonyl (C=O) groups excluding carboxylic acids is 3. The van der Waals surface area contributed by atoms with Crippen LogP contribution in [-0.4, -0.2) is 81.8 Å². The van der Waals surface area contributed by atoms with E-state index in [1.165, 1.54) is 11.8 Å². The fraction of sp³-hybridized carbons (Fsp3) is 0.737. The maximum absolute atomic E-state index is 12.8. The van der Waals surface area contributed by atoms with E-state index in [-0.39, 0.29) is 30.9 Å². The predicted molar refractivity (Wildman–Crippen MR) is 125 cm³/mol. The SMILES string of the molecule is CCC(C)C(NC(=O)C(CS)NC(=O)C(CCSC)NC(=O)C(N)CCC(=O)O)C(=O)O. The van der Waals surface area contributed by atoms with Gasteiger partial charge in [0.25, 0.3) is 0 Å². The molecule has 11 nitrogen and oxygen atoms in total. The summed E-state index contributed by atoms with van der Waals surface area (Å²) in [6, 6.07) is -4.35. The first-order valence-corrected chi connectivity index (χ1v) is 12.2. The van der Waals surface area contributed by atoms with Gasteiger partial charge >= 0.3 is 11.9 Å². The maximum Gasteiger partial charge on any atom is 0.326 e. The number of thioether (sulfide) groups is 1. The van der Waals surface area contributed by atoms with E-state index in [9.17, 15) is 29.1 Å². The molecule has 0 rings (SSSR count). The summed E-state index contributed by atoms with van der Waals surface area (Å²) in [5.74, 6) is -4.20. The third-order valence-electron chi connectivity index (χ3n) is 4.84. The Hall–Kier alpha value is -1.99. The second-order valence-electron chi connectivity index (χ2n) is 7.34. The normalized spacial score (nSPS) is 15.5. The van der Waals surface area contributed by atoms with Crippen LogP contribution in [0.2, 0.25) is 0 Å². The lowest BCUT2D eigenvalue weighted by Crippen LogP contribution is -2.58. The largest absolute Gasteiger partial charge is 0.481 e. The van der Waals surface area contributed by atoms with Gasteiger partial charge in [-0.05, 0) is 30.8 Å². The molecule has 0 aliphatic carbocycles. The molecule has 0 saturated carbocycles. The van der Waals surface area contributed by atoms with Crippen LogP contribution in [0.1, 0.15) is 39.5 Å². The summed E-state index contributed by atoms with van der Waals surface area (Å²) in [6.45, 7) is 3.49. The zero-order valence-electron chi connectivity index (χ0n) is 18.5. The Balaban J connectivity index is 5.21. The third kappa shape index (κ3) is 11.0. The van der Waals surface area contributed by atoms with Crippen molar-refractivity contribution >= 4 is 54.1 Å². The molecule has 0 saturated heterocycles. The van der Waals surface area contributed by atoms with Crippen LogP contribution in [0.3, 0.4) is 0 Å². The van der Waals surface area contributed by atoms with Crippen LogP contribution >= 0.6 is 24.4 Å². The van der Waals surface area contributed by atoms with Crippen LogP contribution in [0.25, 0.3) is 0 Å². The van der Waals surface area contributed by atoms with Crippen molar-refractivity contribution in [2.45, 2.75) is 63.7 Å². The first-order valence-electron chi connectivity index (χ1n) is 10.2. The van der Waals surface area contributed by atoms with Gasteiger partial charge < -0.3 is 31.9 Å². The highest BCUT2D eigenvalue weighted by Gasteiger charge is 2.31. The van der Waals surface area contributed by atoms with Gasteiger partial charge in [-0.1, -0.05) is 20.3 Å². The molecule has 7 N–H and O–H groups in total. The Kier molecular flexibility index (Phi) is 14.8. The molecule has 5 atom stereocenters. The van der Waals surface area contributed by atoms with E-state index in [0.29, 0.717) is 12.2 Å². The molecule has 0 aromatic heterocycles. The highest BCUT2D eigenvalue weighted by atomic mass is 32.2. The number of amides is 3. The quantitative estimate of drug-likeness (QED) is 0.138. The van der Waals surface area contributed by atoms with E-state index in [4.69, 9.17) is 10.8 Å². The molecule has 0 aromatic rings. The molecule has 0 aromatic carbocycles. The minimum Gasteiger partial charge on any atom is -0.481 e. The highest BCUT2D eigenvalue weighted by Crippen LogP contribution is 2.09. The van der Waals surface area contributed by atoms with Gasteiger partial charge in [0.15, 0.2) is 0 Å². The Morgan fingerprint density at radius 3 is 2.00 bits per heavy atom. The highest BCUT2D eigenvalue weighted by molar-refractivity contribution is 7.98. The smallest absolute Gasteiger partial charge is 0.326 e. The minimum absolute atomic E-state index is 0.0914. The monoisotopic (exact) mass is 494 g/mol. The van der Waals surface area contributed by atoms with E-state index in [1.807, 2.05) is 6.26 Å². The van der Waals surface area contributed by atoms with E-state index in [1.54, 1.807) is 13.8 Å². The second-order valence-corrected chi connectivity index (χ2v) is 8.69. The lowest BCUT2D eigenvalue weighted by atomic mass is 9.99. The van der Waals surface area contributed by atoms with Crippen LogP contribution in [0.5, 0.6) is 0 Å². The van der Waals surface area contributed by atoms with E-state index in [2.05, 4.69) is 28.6 Å². The Labute approximate surface area is 197 Å². The van der Waals surface area contributed by atoms with Crippen molar-refractivity contribution in [1.82, 2.24) is 16.0 Å². The summed E-state index contributed by atoms with van der Waals surface area (Å²) in [5, 5.41) is 25.5. The van der Waals surface area contributed by atoms with Gasteiger partial charge in [0.1, 0.15) is 18.1 Å². The van der Waals surface area contributed by atoms with Crippen molar-refractivity contribution < 1.29 is 34.2 Å². The molecule has 0 spiro atoms. The molecule has 0 heterocycles. The maximum atomic E-state index is 12.8. The van der Waals surface area contributed by atoms with Gasteiger partial charge in [0.2, 0.25) is 17.7 Å². The molecule has 32 heavy (non-hydrogen) atoms. The van der Waals surface area contributed by atoms with Crippen molar-refractivity contribution in [1.29, 1.82) is 0 Å². The van der Waals surface area contributed by atoms with Crippen molar-refractivity contribution in [2.75, 3.05) is 17.8 Å². The zero-order valence-corrected chi connectivity index (χ0v) is 20.2. The summed E-state index contributed by atoms with van der Waals surface area (Å²) in [7, 11) is 0. The van der Waals surface area contributed by atoms with Crippen molar-refractivity contribution in [3.8, 4) is 0 Å². The van der Waals surface area contributed by atoms with Crippen LogP contribution in [0, 0.1) is 5.92 Å². The minimum atomic E-state index is -1.18. The van der Waals surface area contributed by atoms with E-state index < -0.39 is 53.8 Å². The summed E-state index contributed by atoms with van der Waals surface area (Å²) in [4.78, 5) is 59.7. The average molecular weight is 495 g/mol. The topological polar surface area (TPSA) is 188 Å². The molecule has 0 radical (unpaired) electrons. The van der Waals surface area contributed by atoms with Crippen molar-refractivity contribution in [3.05, 3.63) is 0 Å².